The summed E-state index contributed by atoms with van der Waals surface area (Å²) in [6.07, 6.45) is 3.06. The summed E-state index contributed by atoms with van der Waals surface area (Å²) in [5, 5.41) is 0.415. The van der Waals surface area contributed by atoms with E-state index in [0.29, 0.717) is 23.4 Å². The summed E-state index contributed by atoms with van der Waals surface area (Å²) in [4.78, 5) is 11.4. The van der Waals surface area contributed by atoms with Gasteiger partial charge in [-0.2, -0.15) is 0 Å². The quantitative estimate of drug-likeness (QED) is 0.862. The lowest BCUT2D eigenvalue weighted by molar-refractivity contribution is -0.123. The van der Waals surface area contributed by atoms with Crippen molar-refractivity contribution >= 4 is 27.5 Å². The van der Waals surface area contributed by atoms with Gasteiger partial charge in [0.2, 0.25) is 15.9 Å². The maximum Gasteiger partial charge on any atom is 0.222 e. The first-order valence-corrected chi connectivity index (χ1v) is 8.95. The molecule has 1 aliphatic rings. The number of amides is 1. The smallest absolute Gasteiger partial charge is 0.222 e. The van der Waals surface area contributed by atoms with Crippen molar-refractivity contribution in [1.82, 2.24) is 4.72 Å². The van der Waals surface area contributed by atoms with Crippen molar-refractivity contribution in [3.05, 3.63) is 34.9 Å². The van der Waals surface area contributed by atoms with Crippen LogP contribution < -0.4 is 10.5 Å². The Kier molecular flexibility index (Phi) is 5.24. The average molecular weight is 331 g/mol. The standard InChI is InChI=1S/C14H19ClN2O3S/c15-12-7-3-1-5-10(12)9-21(19,20)17-13-8-4-2-6-11(13)14(16)18/h1,3,5,7,11,13,17H,2,4,6,8-9H2,(H2,16,18)/t11-,13+/m1/s1. The molecule has 2 rings (SSSR count). The molecule has 0 bridgehead atoms. The van der Waals surface area contributed by atoms with E-state index >= 15 is 0 Å². The monoisotopic (exact) mass is 330 g/mol. The number of benzene rings is 1. The molecule has 1 amide bonds. The van der Waals surface area contributed by atoms with Gasteiger partial charge in [0.25, 0.3) is 0 Å². The van der Waals surface area contributed by atoms with Crippen LogP contribution >= 0.6 is 11.6 Å². The summed E-state index contributed by atoms with van der Waals surface area (Å²) in [7, 11) is -3.57. The number of nitrogens with two attached hydrogens (primary N) is 1. The summed E-state index contributed by atoms with van der Waals surface area (Å²) in [6.45, 7) is 0. The van der Waals surface area contributed by atoms with E-state index in [1.165, 1.54) is 0 Å². The lowest BCUT2D eigenvalue weighted by atomic mass is 9.85. The number of carbonyl (C=O) groups is 1. The van der Waals surface area contributed by atoms with Crippen LogP contribution in [0, 0.1) is 5.92 Å². The molecule has 0 saturated heterocycles. The highest BCUT2D eigenvalue weighted by Gasteiger charge is 2.32. The molecular weight excluding hydrogens is 312 g/mol. The average Bonchev–Trinajstić information content (AvgIpc) is 2.41. The lowest BCUT2D eigenvalue weighted by Crippen LogP contribution is -2.47. The maximum absolute atomic E-state index is 12.3. The minimum absolute atomic E-state index is 0.200. The fraction of sp³-hybridized carbons (Fsp3) is 0.500. The van der Waals surface area contributed by atoms with Crippen LogP contribution in [0.2, 0.25) is 5.02 Å². The first-order chi connectivity index (χ1) is 9.89. The Morgan fingerprint density at radius 1 is 1.29 bits per heavy atom. The number of rotatable bonds is 5. The Hall–Kier alpha value is -1.11. The summed E-state index contributed by atoms with van der Waals surface area (Å²) < 4.78 is 27.1. The molecule has 0 aromatic heterocycles. The van der Waals surface area contributed by atoms with Crippen LogP contribution in [0.15, 0.2) is 24.3 Å². The number of primary amides is 1. The van der Waals surface area contributed by atoms with Gasteiger partial charge in [-0.05, 0) is 24.5 Å². The fourth-order valence-corrected chi connectivity index (χ4v) is 4.47. The Balaban J connectivity index is 2.09. The van der Waals surface area contributed by atoms with Crippen LogP contribution in [-0.4, -0.2) is 20.4 Å². The minimum Gasteiger partial charge on any atom is -0.369 e. The second kappa shape index (κ2) is 6.77. The second-order valence-corrected chi connectivity index (χ2v) is 7.53. The SMILES string of the molecule is NC(=O)[C@@H]1CCCC[C@@H]1NS(=O)(=O)Cc1ccccc1Cl. The normalized spacial score (nSPS) is 22.9. The van der Waals surface area contributed by atoms with Gasteiger partial charge in [-0.15, -0.1) is 0 Å². The Labute approximate surface area is 129 Å². The highest BCUT2D eigenvalue weighted by atomic mass is 35.5. The molecule has 5 nitrogen and oxygen atoms in total. The van der Waals surface area contributed by atoms with E-state index < -0.39 is 27.9 Å². The molecule has 1 aromatic rings. The van der Waals surface area contributed by atoms with Gasteiger partial charge in [0.05, 0.1) is 11.7 Å². The van der Waals surface area contributed by atoms with Gasteiger partial charge in [0, 0.05) is 11.1 Å². The van der Waals surface area contributed by atoms with E-state index in [9.17, 15) is 13.2 Å². The molecule has 0 radical (unpaired) electrons. The van der Waals surface area contributed by atoms with Crippen molar-refractivity contribution < 1.29 is 13.2 Å². The van der Waals surface area contributed by atoms with Gasteiger partial charge in [0.15, 0.2) is 0 Å². The van der Waals surface area contributed by atoms with E-state index in [2.05, 4.69) is 4.72 Å². The van der Waals surface area contributed by atoms with Crippen molar-refractivity contribution in [3.63, 3.8) is 0 Å². The van der Waals surface area contributed by atoms with Crippen molar-refractivity contribution in [2.75, 3.05) is 0 Å². The Bertz CT molecular complexity index is 618. The van der Waals surface area contributed by atoms with Gasteiger partial charge in [-0.3, -0.25) is 4.79 Å². The molecule has 1 aliphatic carbocycles. The summed E-state index contributed by atoms with van der Waals surface area (Å²) in [5.41, 5.74) is 5.90. The number of hydrogen-bond donors (Lipinski definition) is 2. The molecule has 1 saturated carbocycles. The fourth-order valence-electron chi connectivity index (χ4n) is 2.70. The van der Waals surface area contributed by atoms with Crippen LogP contribution in [-0.2, 0) is 20.6 Å². The zero-order valence-corrected chi connectivity index (χ0v) is 13.2. The van der Waals surface area contributed by atoms with Crippen LogP contribution in [0.25, 0.3) is 0 Å². The van der Waals surface area contributed by atoms with Crippen molar-refractivity contribution in [2.24, 2.45) is 11.7 Å². The lowest BCUT2D eigenvalue weighted by Gasteiger charge is -2.29. The molecule has 0 spiro atoms. The Morgan fingerprint density at radius 2 is 1.95 bits per heavy atom. The van der Waals surface area contributed by atoms with Crippen molar-refractivity contribution in [1.29, 1.82) is 0 Å². The first-order valence-electron chi connectivity index (χ1n) is 6.92. The van der Waals surface area contributed by atoms with E-state index in [1.54, 1.807) is 24.3 Å². The summed E-state index contributed by atoms with van der Waals surface area (Å²) >= 11 is 5.99. The van der Waals surface area contributed by atoms with Crippen LogP contribution in [0.5, 0.6) is 0 Å². The highest BCUT2D eigenvalue weighted by Crippen LogP contribution is 2.25. The van der Waals surface area contributed by atoms with E-state index in [-0.39, 0.29) is 5.75 Å². The summed E-state index contributed by atoms with van der Waals surface area (Å²) in [6, 6.07) is 6.40. The number of sulfonamides is 1. The van der Waals surface area contributed by atoms with E-state index in [0.717, 1.165) is 12.8 Å². The molecule has 2 atom stereocenters. The molecule has 1 aromatic carbocycles. The van der Waals surface area contributed by atoms with Crippen LogP contribution in [0.3, 0.4) is 0 Å². The zero-order chi connectivity index (χ0) is 15.5. The number of hydrogen-bond acceptors (Lipinski definition) is 3. The molecule has 0 heterocycles. The highest BCUT2D eigenvalue weighted by molar-refractivity contribution is 7.88. The number of carbonyl (C=O) groups excluding carboxylic acids is 1. The van der Waals surface area contributed by atoms with E-state index in [1.807, 2.05) is 0 Å². The van der Waals surface area contributed by atoms with Crippen LogP contribution in [0.4, 0.5) is 0 Å². The molecule has 7 heteroatoms. The molecule has 1 fully saturated rings. The van der Waals surface area contributed by atoms with Crippen LogP contribution in [0.1, 0.15) is 31.2 Å². The molecular formula is C14H19ClN2O3S. The van der Waals surface area contributed by atoms with Crippen molar-refractivity contribution in [3.8, 4) is 0 Å². The van der Waals surface area contributed by atoms with Gasteiger partial charge in [0.1, 0.15) is 0 Å². The Morgan fingerprint density at radius 3 is 2.62 bits per heavy atom. The van der Waals surface area contributed by atoms with Gasteiger partial charge >= 0.3 is 0 Å². The molecule has 0 aliphatic heterocycles. The zero-order valence-electron chi connectivity index (χ0n) is 11.6. The van der Waals surface area contributed by atoms with Crippen molar-refractivity contribution in [2.45, 2.75) is 37.5 Å². The molecule has 3 N–H and O–H groups in total. The predicted molar refractivity (Wildman–Crippen MR) is 82.2 cm³/mol. The first kappa shape index (κ1) is 16.3. The largest absolute Gasteiger partial charge is 0.369 e. The number of nitrogens with one attached hydrogen (secondary N) is 1. The third-order valence-corrected chi connectivity index (χ3v) is 5.49. The third kappa shape index (κ3) is 4.43. The predicted octanol–water partition coefficient (Wildman–Crippen LogP) is 1.80. The topological polar surface area (TPSA) is 89.3 Å². The molecule has 116 valence electrons. The maximum atomic E-state index is 12.3. The minimum atomic E-state index is -3.57. The number of halogens is 1. The molecule has 21 heavy (non-hydrogen) atoms. The summed E-state index contributed by atoms with van der Waals surface area (Å²) in [5.74, 6) is -1.07. The van der Waals surface area contributed by atoms with Gasteiger partial charge < -0.3 is 5.73 Å². The second-order valence-electron chi connectivity index (χ2n) is 5.37. The van der Waals surface area contributed by atoms with E-state index in [4.69, 9.17) is 17.3 Å². The molecule has 0 unspecified atom stereocenters. The third-order valence-electron chi connectivity index (χ3n) is 3.77. The van der Waals surface area contributed by atoms with Gasteiger partial charge in [-0.1, -0.05) is 42.6 Å². The van der Waals surface area contributed by atoms with Gasteiger partial charge in [-0.25, -0.2) is 13.1 Å².